The first-order chi connectivity index (χ1) is 8.61. The Hall–Kier alpha value is -1.06. The van der Waals surface area contributed by atoms with Gasteiger partial charge in [0.25, 0.3) is 0 Å². The van der Waals surface area contributed by atoms with Crippen molar-refractivity contribution in [3.05, 3.63) is 34.9 Å². The normalized spacial score (nSPS) is 23.4. The first kappa shape index (κ1) is 13.4. The summed E-state index contributed by atoms with van der Waals surface area (Å²) in [5.74, 6) is 0.627. The molecular weight excluding hydrogens is 248 g/mol. The Labute approximate surface area is 113 Å². The highest BCUT2D eigenvalue weighted by Crippen LogP contribution is 2.37. The lowest BCUT2D eigenvalue weighted by Gasteiger charge is -2.23. The molecule has 1 fully saturated rings. The standard InChI is InChI=1S/C14H19ClN2O/c1-10(18)17-9-11(5-6-16)7-14(17)12-3-2-4-13(15)8-12/h2-4,8,11,14H,5-7,9,16H2,1H3. The van der Waals surface area contributed by atoms with Crippen LogP contribution in [0.4, 0.5) is 0 Å². The van der Waals surface area contributed by atoms with Gasteiger partial charge in [0.05, 0.1) is 6.04 Å². The van der Waals surface area contributed by atoms with Crippen LogP contribution in [-0.2, 0) is 4.79 Å². The number of rotatable bonds is 3. The molecule has 1 aliphatic rings. The molecule has 18 heavy (non-hydrogen) atoms. The van der Waals surface area contributed by atoms with Crippen molar-refractivity contribution in [1.29, 1.82) is 0 Å². The number of likely N-dealkylation sites (tertiary alicyclic amines) is 1. The van der Waals surface area contributed by atoms with Gasteiger partial charge in [-0.05, 0) is 43.0 Å². The molecule has 0 radical (unpaired) electrons. The summed E-state index contributed by atoms with van der Waals surface area (Å²) in [5.41, 5.74) is 6.74. The Morgan fingerprint density at radius 3 is 2.94 bits per heavy atom. The molecule has 1 aromatic rings. The van der Waals surface area contributed by atoms with Gasteiger partial charge >= 0.3 is 0 Å². The van der Waals surface area contributed by atoms with Crippen LogP contribution in [0.25, 0.3) is 0 Å². The van der Waals surface area contributed by atoms with Gasteiger partial charge in [0.2, 0.25) is 5.91 Å². The lowest BCUT2D eigenvalue weighted by atomic mass is 9.98. The summed E-state index contributed by atoms with van der Waals surface area (Å²) in [4.78, 5) is 13.7. The van der Waals surface area contributed by atoms with Crippen molar-refractivity contribution in [2.45, 2.75) is 25.8 Å². The largest absolute Gasteiger partial charge is 0.336 e. The van der Waals surface area contributed by atoms with Crippen LogP contribution in [-0.4, -0.2) is 23.9 Å². The van der Waals surface area contributed by atoms with Crippen LogP contribution in [0.1, 0.15) is 31.4 Å². The second-order valence-electron chi connectivity index (χ2n) is 4.92. The monoisotopic (exact) mass is 266 g/mol. The average molecular weight is 267 g/mol. The fraction of sp³-hybridized carbons (Fsp3) is 0.500. The molecule has 3 nitrogen and oxygen atoms in total. The predicted octanol–water partition coefficient (Wildman–Crippen LogP) is 2.60. The minimum atomic E-state index is 0.125. The van der Waals surface area contributed by atoms with Crippen LogP contribution < -0.4 is 5.73 Å². The van der Waals surface area contributed by atoms with Gasteiger partial charge in [-0.3, -0.25) is 4.79 Å². The lowest BCUT2D eigenvalue weighted by Crippen LogP contribution is -2.29. The molecule has 98 valence electrons. The van der Waals surface area contributed by atoms with Crippen molar-refractivity contribution < 1.29 is 4.79 Å². The van der Waals surface area contributed by atoms with Crippen molar-refractivity contribution in [3.8, 4) is 0 Å². The van der Waals surface area contributed by atoms with Crippen LogP contribution in [0.3, 0.4) is 0 Å². The van der Waals surface area contributed by atoms with Crippen molar-refractivity contribution in [2.75, 3.05) is 13.1 Å². The number of halogens is 1. The van der Waals surface area contributed by atoms with E-state index in [0.29, 0.717) is 12.5 Å². The van der Waals surface area contributed by atoms with E-state index in [4.69, 9.17) is 17.3 Å². The molecule has 0 bridgehead atoms. The van der Waals surface area contributed by atoms with E-state index < -0.39 is 0 Å². The Bertz CT molecular complexity index is 436. The van der Waals surface area contributed by atoms with E-state index >= 15 is 0 Å². The van der Waals surface area contributed by atoms with Crippen LogP contribution in [0.2, 0.25) is 5.02 Å². The summed E-state index contributed by atoms with van der Waals surface area (Å²) in [5, 5.41) is 0.721. The SMILES string of the molecule is CC(=O)N1CC(CCN)CC1c1cccc(Cl)c1. The van der Waals surface area contributed by atoms with E-state index in [-0.39, 0.29) is 11.9 Å². The third-order valence-corrected chi connectivity index (χ3v) is 3.84. The molecule has 2 N–H and O–H groups in total. The van der Waals surface area contributed by atoms with E-state index in [2.05, 4.69) is 0 Å². The van der Waals surface area contributed by atoms with E-state index in [1.165, 1.54) is 0 Å². The van der Waals surface area contributed by atoms with Crippen molar-refractivity contribution in [1.82, 2.24) is 4.90 Å². The first-order valence-corrected chi connectivity index (χ1v) is 6.72. The molecule has 1 saturated heterocycles. The zero-order valence-electron chi connectivity index (χ0n) is 10.6. The third kappa shape index (κ3) is 2.85. The minimum absolute atomic E-state index is 0.125. The topological polar surface area (TPSA) is 46.3 Å². The average Bonchev–Trinajstić information content (AvgIpc) is 2.74. The molecule has 0 aromatic heterocycles. The molecule has 4 heteroatoms. The number of nitrogens with zero attached hydrogens (tertiary/aromatic N) is 1. The highest BCUT2D eigenvalue weighted by atomic mass is 35.5. The van der Waals surface area contributed by atoms with Crippen LogP contribution >= 0.6 is 11.6 Å². The fourth-order valence-electron chi connectivity index (χ4n) is 2.75. The lowest BCUT2D eigenvalue weighted by molar-refractivity contribution is -0.129. The van der Waals surface area contributed by atoms with Gasteiger partial charge in [-0.15, -0.1) is 0 Å². The van der Waals surface area contributed by atoms with Crippen molar-refractivity contribution >= 4 is 17.5 Å². The molecule has 0 saturated carbocycles. The van der Waals surface area contributed by atoms with Crippen molar-refractivity contribution in [3.63, 3.8) is 0 Å². The zero-order valence-corrected chi connectivity index (χ0v) is 11.4. The molecule has 0 spiro atoms. The van der Waals surface area contributed by atoms with Crippen molar-refractivity contribution in [2.24, 2.45) is 11.7 Å². The molecule has 2 unspecified atom stereocenters. The molecule has 1 heterocycles. The molecule has 1 amide bonds. The molecule has 2 rings (SSSR count). The number of carbonyl (C=O) groups is 1. The summed E-state index contributed by atoms with van der Waals surface area (Å²) in [7, 11) is 0. The number of hydrogen-bond donors (Lipinski definition) is 1. The maximum Gasteiger partial charge on any atom is 0.219 e. The summed E-state index contributed by atoms with van der Waals surface area (Å²) in [6.07, 6.45) is 1.96. The first-order valence-electron chi connectivity index (χ1n) is 6.34. The van der Waals surface area contributed by atoms with Gasteiger partial charge in [0.1, 0.15) is 0 Å². The summed E-state index contributed by atoms with van der Waals surface area (Å²) < 4.78 is 0. The predicted molar refractivity (Wildman–Crippen MR) is 73.4 cm³/mol. The van der Waals surface area contributed by atoms with Gasteiger partial charge in [-0.2, -0.15) is 0 Å². The Morgan fingerprint density at radius 2 is 2.33 bits per heavy atom. The number of amides is 1. The van der Waals surface area contributed by atoms with Crippen LogP contribution in [0.15, 0.2) is 24.3 Å². The number of carbonyl (C=O) groups excluding carboxylic acids is 1. The second-order valence-corrected chi connectivity index (χ2v) is 5.36. The molecule has 1 aliphatic heterocycles. The number of benzene rings is 1. The van der Waals surface area contributed by atoms with Gasteiger partial charge in [0, 0.05) is 18.5 Å². The van der Waals surface area contributed by atoms with E-state index in [9.17, 15) is 4.79 Å². The van der Waals surface area contributed by atoms with Crippen LogP contribution in [0.5, 0.6) is 0 Å². The minimum Gasteiger partial charge on any atom is -0.336 e. The van der Waals surface area contributed by atoms with E-state index in [0.717, 1.165) is 30.0 Å². The highest BCUT2D eigenvalue weighted by Gasteiger charge is 2.34. The highest BCUT2D eigenvalue weighted by molar-refractivity contribution is 6.30. The van der Waals surface area contributed by atoms with Gasteiger partial charge < -0.3 is 10.6 Å². The second kappa shape index (κ2) is 5.72. The third-order valence-electron chi connectivity index (χ3n) is 3.60. The van der Waals surface area contributed by atoms with Gasteiger partial charge in [-0.25, -0.2) is 0 Å². The zero-order chi connectivity index (χ0) is 13.1. The summed E-state index contributed by atoms with van der Waals surface area (Å²) in [6, 6.07) is 7.93. The molecule has 1 aromatic carbocycles. The summed E-state index contributed by atoms with van der Waals surface area (Å²) >= 11 is 6.02. The van der Waals surface area contributed by atoms with Gasteiger partial charge in [0.15, 0.2) is 0 Å². The number of hydrogen-bond acceptors (Lipinski definition) is 2. The van der Waals surface area contributed by atoms with E-state index in [1.807, 2.05) is 29.2 Å². The van der Waals surface area contributed by atoms with Gasteiger partial charge in [-0.1, -0.05) is 23.7 Å². The number of nitrogens with two attached hydrogens (primary N) is 1. The molecular formula is C14H19ClN2O. The fourth-order valence-corrected chi connectivity index (χ4v) is 2.94. The maximum absolute atomic E-state index is 11.7. The Balaban J connectivity index is 2.21. The van der Waals surface area contributed by atoms with Crippen LogP contribution in [0, 0.1) is 5.92 Å². The van der Waals surface area contributed by atoms with E-state index in [1.54, 1.807) is 6.92 Å². The quantitative estimate of drug-likeness (QED) is 0.914. The Kier molecular flexibility index (Phi) is 4.25. The summed E-state index contributed by atoms with van der Waals surface area (Å²) in [6.45, 7) is 3.12. The smallest absolute Gasteiger partial charge is 0.219 e. The maximum atomic E-state index is 11.7. The molecule has 2 atom stereocenters. The molecule has 0 aliphatic carbocycles. The Morgan fingerprint density at radius 1 is 1.56 bits per heavy atom.